The highest BCUT2D eigenvalue weighted by atomic mass is 32.1. The molecule has 0 aliphatic carbocycles. The van der Waals surface area contributed by atoms with Crippen molar-refractivity contribution in [2.75, 3.05) is 0 Å². The van der Waals surface area contributed by atoms with E-state index < -0.39 is 0 Å². The smallest absolute Gasteiger partial charge is 0.263 e. The lowest BCUT2D eigenvalue weighted by Gasteiger charge is -2.05. The van der Waals surface area contributed by atoms with Crippen LogP contribution in [0.25, 0.3) is 11.3 Å². The van der Waals surface area contributed by atoms with Gasteiger partial charge >= 0.3 is 0 Å². The SMILES string of the molecule is Cc1nc(C)c(C(=O)NCc2ccc(-c3cccnc3)nc2)s1. The van der Waals surface area contributed by atoms with Crippen LogP contribution in [0.5, 0.6) is 0 Å². The number of nitrogens with zero attached hydrogens (tertiary/aromatic N) is 3. The minimum Gasteiger partial charge on any atom is -0.347 e. The Bertz CT molecular complexity index is 812. The van der Waals surface area contributed by atoms with Crippen molar-refractivity contribution in [3.8, 4) is 11.3 Å². The first kappa shape index (κ1) is 15.3. The van der Waals surface area contributed by atoms with Gasteiger partial charge in [-0.3, -0.25) is 14.8 Å². The van der Waals surface area contributed by atoms with Gasteiger partial charge in [0, 0.05) is 30.7 Å². The van der Waals surface area contributed by atoms with Gasteiger partial charge in [-0.25, -0.2) is 4.98 Å². The van der Waals surface area contributed by atoms with Gasteiger partial charge in [0.25, 0.3) is 5.91 Å². The van der Waals surface area contributed by atoms with Crippen molar-refractivity contribution in [3.05, 3.63) is 64.0 Å². The van der Waals surface area contributed by atoms with E-state index >= 15 is 0 Å². The van der Waals surface area contributed by atoms with E-state index in [4.69, 9.17) is 0 Å². The molecule has 3 rings (SSSR count). The summed E-state index contributed by atoms with van der Waals surface area (Å²) in [6, 6.07) is 7.73. The Morgan fingerprint density at radius 1 is 1.22 bits per heavy atom. The average Bonchev–Trinajstić information content (AvgIpc) is 2.92. The van der Waals surface area contributed by atoms with Crippen molar-refractivity contribution in [2.24, 2.45) is 0 Å². The monoisotopic (exact) mass is 324 g/mol. The van der Waals surface area contributed by atoms with E-state index in [9.17, 15) is 4.79 Å². The molecule has 5 nitrogen and oxygen atoms in total. The number of hydrogen-bond donors (Lipinski definition) is 1. The molecule has 0 atom stereocenters. The zero-order chi connectivity index (χ0) is 16.2. The van der Waals surface area contributed by atoms with Gasteiger partial charge < -0.3 is 5.32 Å². The van der Waals surface area contributed by atoms with Gasteiger partial charge in [0.1, 0.15) is 4.88 Å². The van der Waals surface area contributed by atoms with Gasteiger partial charge in [0.15, 0.2) is 0 Å². The maximum absolute atomic E-state index is 12.2. The van der Waals surface area contributed by atoms with Crippen molar-refractivity contribution in [2.45, 2.75) is 20.4 Å². The fraction of sp³-hybridized carbons (Fsp3) is 0.176. The van der Waals surface area contributed by atoms with Crippen molar-refractivity contribution in [1.29, 1.82) is 0 Å². The van der Waals surface area contributed by atoms with E-state index in [1.165, 1.54) is 11.3 Å². The minimum atomic E-state index is -0.0931. The highest BCUT2D eigenvalue weighted by Gasteiger charge is 2.13. The van der Waals surface area contributed by atoms with E-state index in [0.717, 1.165) is 27.5 Å². The normalized spacial score (nSPS) is 10.5. The van der Waals surface area contributed by atoms with Crippen LogP contribution in [-0.2, 0) is 6.54 Å². The first-order valence-corrected chi connectivity index (χ1v) is 8.02. The summed E-state index contributed by atoms with van der Waals surface area (Å²) in [6.07, 6.45) is 5.28. The number of hydrogen-bond acceptors (Lipinski definition) is 5. The Morgan fingerprint density at radius 2 is 2.09 bits per heavy atom. The summed E-state index contributed by atoms with van der Waals surface area (Å²) in [5, 5.41) is 3.81. The van der Waals surface area contributed by atoms with Crippen LogP contribution in [-0.4, -0.2) is 20.9 Å². The van der Waals surface area contributed by atoms with Gasteiger partial charge in [0.05, 0.1) is 16.4 Å². The second kappa shape index (κ2) is 6.66. The summed E-state index contributed by atoms with van der Waals surface area (Å²) < 4.78 is 0. The molecule has 0 radical (unpaired) electrons. The van der Waals surface area contributed by atoms with Gasteiger partial charge in [-0.15, -0.1) is 11.3 Å². The van der Waals surface area contributed by atoms with Crippen molar-refractivity contribution >= 4 is 17.2 Å². The molecule has 0 fully saturated rings. The summed E-state index contributed by atoms with van der Waals surface area (Å²) in [5.74, 6) is -0.0931. The molecule has 0 aromatic carbocycles. The minimum absolute atomic E-state index is 0.0931. The summed E-state index contributed by atoms with van der Waals surface area (Å²) in [7, 11) is 0. The summed E-state index contributed by atoms with van der Waals surface area (Å²) >= 11 is 1.41. The zero-order valence-corrected chi connectivity index (χ0v) is 13.7. The maximum atomic E-state index is 12.2. The summed E-state index contributed by atoms with van der Waals surface area (Å²) in [4.78, 5) is 25.6. The Hall–Kier alpha value is -2.60. The molecule has 0 aliphatic heterocycles. The van der Waals surface area contributed by atoms with Crippen LogP contribution in [0.15, 0.2) is 42.9 Å². The van der Waals surface area contributed by atoms with Crippen LogP contribution in [0.2, 0.25) is 0 Å². The molecule has 0 spiro atoms. The number of nitrogens with one attached hydrogen (secondary N) is 1. The number of aromatic nitrogens is 3. The fourth-order valence-electron chi connectivity index (χ4n) is 2.22. The van der Waals surface area contributed by atoms with Crippen LogP contribution >= 0.6 is 11.3 Å². The molecule has 3 aromatic rings. The molecule has 0 unspecified atom stereocenters. The van der Waals surface area contributed by atoms with Gasteiger partial charge in [-0.05, 0) is 37.6 Å². The summed E-state index contributed by atoms with van der Waals surface area (Å²) in [6.45, 7) is 4.19. The van der Waals surface area contributed by atoms with Gasteiger partial charge in [-0.1, -0.05) is 6.07 Å². The molecule has 3 aromatic heterocycles. The molecule has 116 valence electrons. The molecule has 1 amide bonds. The lowest BCUT2D eigenvalue weighted by Crippen LogP contribution is -2.22. The largest absolute Gasteiger partial charge is 0.347 e. The first-order chi connectivity index (χ1) is 11.1. The molecule has 0 aliphatic rings. The van der Waals surface area contributed by atoms with Crippen LogP contribution in [0.4, 0.5) is 0 Å². The average molecular weight is 324 g/mol. The third kappa shape index (κ3) is 3.60. The standard InChI is InChI=1S/C17H16N4OS/c1-11-16(23-12(2)21-11)17(22)20-9-13-5-6-15(19-8-13)14-4-3-7-18-10-14/h3-8,10H,9H2,1-2H3,(H,20,22). The third-order valence-electron chi connectivity index (χ3n) is 3.34. The fourth-order valence-corrected chi connectivity index (χ4v) is 3.05. The van der Waals surface area contributed by atoms with E-state index in [0.29, 0.717) is 11.4 Å². The second-order valence-corrected chi connectivity index (χ2v) is 6.33. The van der Waals surface area contributed by atoms with E-state index in [1.54, 1.807) is 18.6 Å². The molecular formula is C17H16N4OS. The second-order valence-electron chi connectivity index (χ2n) is 5.12. The number of carbonyl (C=O) groups excluding carboxylic acids is 1. The lowest BCUT2D eigenvalue weighted by molar-refractivity contribution is 0.0954. The third-order valence-corrected chi connectivity index (χ3v) is 4.42. The highest BCUT2D eigenvalue weighted by Crippen LogP contribution is 2.17. The summed E-state index contributed by atoms with van der Waals surface area (Å²) in [5.41, 5.74) is 3.56. The van der Waals surface area contributed by atoms with E-state index in [2.05, 4.69) is 20.3 Å². The van der Waals surface area contributed by atoms with Crippen molar-refractivity contribution in [1.82, 2.24) is 20.3 Å². The molecule has 0 saturated carbocycles. The zero-order valence-electron chi connectivity index (χ0n) is 12.9. The number of pyridine rings is 2. The van der Waals surface area contributed by atoms with E-state index in [1.807, 2.05) is 38.1 Å². The number of carbonyl (C=O) groups is 1. The van der Waals surface area contributed by atoms with Gasteiger partial charge in [0.2, 0.25) is 0 Å². The quantitative estimate of drug-likeness (QED) is 0.800. The van der Waals surface area contributed by atoms with Crippen LogP contribution in [0.3, 0.4) is 0 Å². The molecule has 0 bridgehead atoms. The van der Waals surface area contributed by atoms with Crippen molar-refractivity contribution < 1.29 is 4.79 Å². The molecule has 0 saturated heterocycles. The Morgan fingerprint density at radius 3 is 2.70 bits per heavy atom. The number of thiazole rings is 1. The predicted molar refractivity (Wildman–Crippen MR) is 90.2 cm³/mol. The molecule has 6 heteroatoms. The molecular weight excluding hydrogens is 308 g/mol. The van der Waals surface area contributed by atoms with Crippen molar-refractivity contribution in [3.63, 3.8) is 0 Å². The first-order valence-electron chi connectivity index (χ1n) is 7.21. The Balaban J connectivity index is 1.65. The van der Waals surface area contributed by atoms with E-state index in [-0.39, 0.29) is 5.91 Å². The number of aryl methyl sites for hydroxylation is 2. The molecule has 23 heavy (non-hydrogen) atoms. The Labute approximate surface area is 138 Å². The topological polar surface area (TPSA) is 67.8 Å². The molecule has 1 N–H and O–H groups in total. The lowest BCUT2D eigenvalue weighted by atomic mass is 10.1. The van der Waals surface area contributed by atoms with Gasteiger partial charge in [-0.2, -0.15) is 0 Å². The Kier molecular flexibility index (Phi) is 4.43. The number of rotatable bonds is 4. The van der Waals surface area contributed by atoms with Crippen LogP contribution < -0.4 is 5.32 Å². The van der Waals surface area contributed by atoms with Crippen LogP contribution in [0.1, 0.15) is 25.9 Å². The number of amides is 1. The van der Waals surface area contributed by atoms with Crippen LogP contribution in [0, 0.1) is 13.8 Å². The maximum Gasteiger partial charge on any atom is 0.263 e. The predicted octanol–water partition coefficient (Wildman–Crippen LogP) is 3.15. The highest BCUT2D eigenvalue weighted by molar-refractivity contribution is 7.13. The molecule has 3 heterocycles.